The first-order chi connectivity index (χ1) is 9.61. The SMILES string of the molecule is CCC1COCCN1CC(O)c1ccc(C(N)=S)cc1. The van der Waals surface area contributed by atoms with Crippen LogP contribution in [0.4, 0.5) is 0 Å². The summed E-state index contributed by atoms with van der Waals surface area (Å²) in [4.78, 5) is 2.68. The number of β-amino-alcohol motifs (C(OH)–C–C–N with tert-alkyl or cyclic N) is 1. The number of hydrogen-bond acceptors (Lipinski definition) is 4. The Kier molecular flexibility index (Phi) is 5.48. The Labute approximate surface area is 125 Å². The van der Waals surface area contributed by atoms with Crippen molar-refractivity contribution in [3.63, 3.8) is 0 Å². The molecule has 3 N–H and O–H groups in total. The number of nitrogens with two attached hydrogens (primary N) is 1. The van der Waals surface area contributed by atoms with Gasteiger partial charge in [0.1, 0.15) is 4.99 Å². The molecular formula is C15H22N2O2S. The zero-order chi connectivity index (χ0) is 14.5. The number of aliphatic hydroxyl groups is 1. The van der Waals surface area contributed by atoms with Crippen LogP contribution in [0, 0.1) is 0 Å². The molecule has 0 amide bonds. The fourth-order valence-corrected chi connectivity index (χ4v) is 2.64. The van der Waals surface area contributed by atoms with Crippen molar-refractivity contribution in [2.24, 2.45) is 5.73 Å². The summed E-state index contributed by atoms with van der Waals surface area (Å²) in [5.74, 6) is 0. The molecule has 1 aromatic carbocycles. The Hall–Kier alpha value is -1.01. The summed E-state index contributed by atoms with van der Waals surface area (Å²) in [5, 5.41) is 10.4. The molecule has 0 saturated carbocycles. The summed E-state index contributed by atoms with van der Waals surface area (Å²) in [5.41, 5.74) is 7.29. The van der Waals surface area contributed by atoms with E-state index in [4.69, 9.17) is 22.7 Å². The first-order valence-corrected chi connectivity index (χ1v) is 7.42. The van der Waals surface area contributed by atoms with Crippen LogP contribution in [0.3, 0.4) is 0 Å². The van der Waals surface area contributed by atoms with Crippen LogP contribution >= 0.6 is 12.2 Å². The summed E-state index contributed by atoms with van der Waals surface area (Å²) in [7, 11) is 0. The van der Waals surface area contributed by atoms with E-state index < -0.39 is 6.10 Å². The van der Waals surface area contributed by atoms with Crippen LogP contribution in [-0.4, -0.2) is 47.3 Å². The molecule has 2 rings (SSSR count). The van der Waals surface area contributed by atoms with Gasteiger partial charge in [-0.3, -0.25) is 4.90 Å². The Balaban J connectivity index is 1.99. The summed E-state index contributed by atoms with van der Waals surface area (Å²) >= 11 is 4.93. The Morgan fingerprint density at radius 1 is 1.50 bits per heavy atom. The van der Waals surface area contributed by atoms with Crippen LogP contribution in [-0.2, 0) is 4.74 Å². The third kappa shape index (κ3) is 3.76. The monoisotopic (exact) mass is 294 g/mol. The molecule has 1 fully saturated rings. The maximum Gasteiger partial charge on any atom is 0.103 e. The van der Waals surface area contributed by atoms with Gasteiger partial charge in [-0.25, -0.2) is 0 Å². The van der Waals surface area contributed by atoms with E-state index in [9.17, 15) is 5.11 Å². The molecule has 2 unspecified atom stereocenters. The van der Waals surface area contributed by atoms with Crippen LogP contribution < -0.4 is 5.73 Å². The van der Waals surface area contributed by atoms with Gasteiger partial charge in [-0.05, 0) is 12.0 Å². The molecule has 0 aliphatic carbocycles. The first kappa shape index (κ1) is 15.4. The molecule has 1 saturated heterocycles. The normalized spacial score (nSPS) is 21.6. The lowest BCUT2D eigenvalue weighted by Gasteiger charge is -2.36. The van der Waals surface area contributed by atoms with E-state index in [0.29, 0.717) is 17.6 Å². The number of nitrogens with zero attached hydrogens (tertiary/aromatic N) is 1. The maximum absolute atomic E-state index is 10.4. The second-order valence-corrected chi connectivity index (χ2v) is 5.57. The minimum absolute atomic E-state index is 0.380. The quantitative estimate of drug-likeness (QED) is 0.805. The zero-order valence-electron chi connectivity index (χ0n) is 11.8. The predicted octanol–water partition coefficient (Wildman–Crippen LogP) is 1.47. The summed E-state index contributed by atoms with van der Waals surface area (Å²) < 4.78 is 5.48. The Morgan fingerprint density at radius 2 is 2.20 bits per heavy atom. The number of hydrogen-bond donors (Lipinski definition) is 2. The fourth-order valence-electron chi connectivity index (χ4n) is 2.50. The molecule has 0 bridgehead atoms. The number of rotatable bonds is 5. The van der Waals surface area contributed by atoms with E-state index in [1.807, 2.05) is 24.3 Å². The lowest BCUT2D eigenvalue weighted by Crippen LogP contribution is -2.46. The molecule has 0 radical (unpaired) electrons. The van der Waals surface area contributed by atoms with E-state index >= 15 is 0 Å². The molecule has 0 aromatic heterocycles. The van der Waals surface area contributed by atoms with Crippen molar-refractivity contribution in [2.45, 2.75) is 25.5 Å². The minimum atomic E-state index is -0.498. The van der Waals surface area contributed by atoms with E-state index in [1.54, 1.807) is 0 Å². The minimum Gasteiger partial charge on any atom is -0.389 e. The third-order valence-corrected chi connectivity index (χ3v) is 4.04. The highest BCUT2D eigenvalue weighted by Crippen LogP contribution is 2.19. The molecule has 20 heavy (non-hydrogen) atoms. The summed E-state index contributed by atoms with van der Waals surface area (Å²) in [6.07, 6.45) is 0.537. The average molecular weight is 294 g/mol. The molecule has 2 atom stereocenters. The van der Waals surface area contributed by atoms with Crippen molar-refractivity contribution in [1.29, 1.82) is 0 Å². The van der Waals surface area contributed by atoms with Gasteiger partial charge >= 0.3 is 0 Å². The van der Waals surface area contributed by atoms with E-state index in [2.05, 4.69) is 11.8 Å². The summed E-state index contributed by atoms with van der Waals surface area (Å²) in [6, 6.07) is 7.89. The number of benzene rings is 1. The Morgan fingerprint density at radius 3 is 2.80 bits per heavy atom. The van der Waals surface area contributed by atoms with Gasteiger partial charge in [0.05, 0.1) is 19.3 Å². The number of thiocarbonyl (C=S) groups is 1. The zero-order valence-corrected chi connectivity index (χ0v) is 12.6. The van der Waals surface area contributed by atoms with Crippen LogP contribution in [0.2, 0.25) is 0 Å². The van der Waals surface area contributed by atoms with Crippen molar-refractivity contribution in [3.8, 4) is 0 Å². The molecule has 0 spiro atoms. The number of aliphatic hydroxyl groups excluding tert-OH is 1. The van der Waals surface area contributed by atoms with Crippen molar-refractivity contribution < 1.29 is 9.84 Å². The van der Waals surface area contributed by atoms with Crippen molar-refractivity contribution in [2.75, 3.05) is 26.3 Å². The van der Waals surface area contributed by atoms with Crippen molar-refractivity contribution >= 4 is 17.2 Å². The first-order valence-electron chi connectivity index (χ1n) is 7.01. The predicted molar refractivity (Wildman–Crippen MR) is 83.8 cm³/mol. The third-order valence-electron chi connectivity index (χ3n) is 3.81. The lowest BCUT2D eigenvalue weighted by molar-refractivity contribution is -0.0277. The number of ether oxygens (including phenoxy) is 1. The second kappa shape index (κ2) is 7.13. The molecule has 5 heteroatoms. The van der Waals surface area contributed by atoms with Gasteiger partial charge in [0.25, 0.3) is 0 Å². The van der Waals surface area contributed by atoms with Crippen LogP contribution in [0.1, 0.15) is 30.6 Å². The van der Waals surface area contributed by atoms with Crippen LogP contribution in [0.25, 0.3) is 0 Å². The second-order valence-electron chi connectivity index (χ2n) is 5.13. The van der Waals surface area contributed by atoms with Crippen molar-refractivity contribution in [1.82, 2.24) is 4.90 Å². The molecule has 1 aromatic rings. The highest BCUT2D eigenvalue weighted by atomic mass is 32.1. The van der Waals surface area contributed by atoms with E-state index in [1.165, 1.54) is 0 Å². The van der Waals surface area contributed by atoms with Gasteiger partial charge in [0.2, 0.25) is 0 Å². The molecule has 1 heterocycles. The van der Waals surface area contributed by atoms with E-state index in [-0.39, 0.29) is 0 Å². The fraction of sp³-hybridized carbons (Fsp3) is 0.533. The average Bonchev–Trinajstić information content (AvgIpc) is 2.48. The van der Waals surface area contributed by atoms with Gasteiger partial charge in [-0.15, -0.1) is 0 Å². The highest BCUT2D eigenvalue weighted by molar-refractivity contribution is 7.80. The topological polar surface area (TPSA) is 58.7 Å². The molecular weight excluding hydrogens is 272 g/mol. The van der Waals surface area contributed by atoms with Crippen molar-refractivity contribution in [3.05, 3.63) is 35.4 Å². The van der Waals surface area contributed by atoms with Gasteiger partial charge in [-0.2, -0.15) is 0 Å². The molecule has 4 nitrogen and oxygen atoms in total. The van der Waals surface area contributed by atoms with Crippen LogP contribution in [0.15, 0.2) is 24.3 Å². The smallest absolute Gasteiger partial charge is 0.103 e. The maximum atomic E-state index is 10.4. The highest BCUT2D eigenvalue weighted by Gasteiger charge is 2.23. The van der Waals surface area contributed by atoms with E-state index in [0.717, 1.165) is 37.3 Å². The van der Waals surface area contributed by atoms with Gasteiger partial charge in [0.15, 0.2) is 0 Å². The van der Waals surface area contributed by atoms with Gasteiger partial charge in [0, 0.05) is 24.7 Å². The number of morpholine rings is 1. The molecule has 1 aliphatic heterocycles. The molecule has 110 valence electrons. The lowest BCUT2D eigenvalue weighted by atomic mass is 10.0. The molecule has 1 aliphatic rings. The van der Waals surface area contributed by atoms with Crippen LogP contribution in [0.5, 0.6) is 0 Å². The van der Waals surface area contributed by atoms with Gasteiger partial charge < -0.3 is 15.6 Å². The summed E-state index contributed by atoms with van der Waals surface area (Å²) in [6.45, 7) is 5.15. The van der Waals surface area contributed by atoms with Gasteiger partial charge in [-0.1, -0.05) is 43.4 Å². The Bertz CT molecular complexity index is 450. The standard InChI is InChI=1S/C15H22N2O2S/c1-2-13-10-19-8-7-17(13)9-14(18)11-3-5-12(6-4-11)15(16)20/h3-6,13-14,18H,2,7-10H2,1H3,(H2,16,20). The largest absolute Gasteiger partial charge is 0.389 e.